The molecule has 4 rings (SSSR count). The Bertz CT molecular complexity index is 1370. The van der Waals surface area contributed by atoms with Gasteiger partial charge in [0.05, 0.1) is 23.2 Å². The number of sulfonamides is 1. The summed E-state index contributed by atoms with van der Waals surface area (Å²) in [6.45, 7) is 2.01. The first kappa shape index (κ1) is 21.3. The number of ether oxygens (including phenoxy) is 1. The molecule has 0 saturated heterocycles. The Kier molecular flexibility index (Phi) is 5.69. The number of nitrogens with one attached hydrogen (secondary N) is 3. The normalized spacial score (nSPS) is 11.6. The number of aryl methyl sites for hydroxylation is 1. The van der Waals surface area contributed by atoms with Crippen LogP contribution in [0.4, 0.5) is 17.3 Å². The molecule has 9 nitrogen and oxygen atoms in total. The molecule has 0 aliphatic rings. The molecule has 0 bridgehead atoms. The average molecular weight is 482 g/mol. The van der Waals surface area contributed by atoms with E-state index in [1.54, 1.807) is 12.1 Å². The van der Waals surface area contributed by atoms with Crippen molar-refractivity contribution in [1.29, 1.82) is 0 Å². The molecule has 12 heteroatoms. The van der Waals surface area contributed by atoms with Crippen LogP contribution in [-0.2, 0) is 16.4 Å². The van der Waals surface area contributed by atoms with Crippen molar-refractivity contribution in [3.8, 4) is 5.75 Å². The van der Waals surface area contributed by atoms with Gasteiger partial charge in [0.1, 0.15) is 10.6 Å². The zero-order valence-corrected chi connectivity index (χ0v) is 18.7. The molecule has 3 N–H and O–H groups in total. The molecule has 4 aromatic rings. The van der Waals surface area contributed by atoms with E-state index in [0.717, 1.165) is 12.1 Å². The Morgan fingerprint density at radius 1 is 1.19 bits per heavy atom. The van der Waals surface area contributed by atoms with Crippen molar-refractivity contribution in [3.63, 3.8) is 0 Å². The van der Waals surface area contributed by atoms with E-state index in [9.17, 15) is 8.42 Å². The predicted molar refractivity (Wildman–Crippen MR) is 119 cm³/mol. The summed E-state index contributed by atoms with van der Waals surface area (Å²) in [4.78, 5) is -0.173. The van der Waals surface area contributed by atoms with Crippen molar-refractivity contribution in [1.82, 2.24) is 15.4 Å². The van der Waals surface area contributed by atoms with Crippen LogP contribution < -0.4 is 14.8 Å². The summed E-state index contributed by atoms with van der Waals surface area (Å²) in [5.74, 6) is 1.03. The lowest BCUT2D eigenvalue weighted by Gasteiger charge is -2.10. The van der Waals surface area contributed by atoms with Crippen LogP contribution in [0.1, 0.15) is 12.6 Å². The largest absolute Gasteiger partial charge is 0.495 e. The van der Waals surface area contributed by atoms with Crippen LogP contribution in [0.3, 0.4) is 0 Å². The Morgan fingerprint density at radius 2 is 2.00 bits per heavy atom. The summed E-state index contributed by atoms with van der Waals surface area (Å²) < 4.78 is 38.8. The highest BCUT2D eigenvalue weighted by Gasteiger charge is 2.23. The molecule has 0 spiro atoms. The molecule has 162 valence electrons. The van der Waals surface area contributed by atoms with E-state index < -0.39 is 10.0 Å². The van der Waals surface area contributed by atoms with Gasteiger partial charge in [-0.05, 0) is 30.7 Å². The van der Waals surface area contributed by atoms with E-state index >= 15 is 0 Å². The Labute approximate surface area is 187 Å². The van der Waals surface area contributed by atoms with Crippen LogP contribution in [0.5, 0.6) is 5.75 Å². The average Bonchev–Trinajstić information content (AvgIpc) is 3.35. The molecular weight excluding hydrogens is 465 g/mol. The third-order valence-electron chi connectivity index (χ3n) is 4.48. The zero-order valence-electron chi connectivity index (χ0n) is 16.4. The molecule has 2 aromatic carbocycles. The monoisotopic (exact) mass is 481 g/mol. The second-order valence-corrected chi connectivity index (χ2v) is 9.01. The summed E-state index contributed by atoms with van der Waals surface area (Å²) >= 11 is 12.0. The summed E-state index contributed by atoms with van der Waals surface area (Å²) in [5.41, 5.74) is 1.88. The molecule has 0 radical (unpaired) electrons. The van der Waals surface area contributed by atoms with Crippen LogP contribution in [0.2, 0.25) is 10.0 Å². The van der Waals surface area contributed by atoms with Gasteiger partial charge in [0.15, 0.2) is 17.2 Å². The number of H-pyrrole nitrogens is 1. The molecule has 0 saturated carbocycles. The molecule has 2 aromatic heterocycles. The minimum Gasteiger partial charge on any atom is -0.495 e. The lowest BCUT2D eigenvalue weighted by molar-refractivity contribution is 0.417. The van der Waals surface area contributed by atoms with Crippen LogP contribution in [0.15, 0.2) is 45.8 Å². The molecule has 0 aliphatic heterocycles. The maximum Gasteiger partial charge on any atom is 0.264 e. The third kappa shape index (κ3) is 4.27. The van der Waals surface area contributed by atoms with Gasteiger partial charge in [-0.25, -0.2) is 8.42 Å². The van der Waals surface area contributed by atoms with Gasteiger partial charge < -0.3 is 14.6 Å². The number of anilines is 3. The van der Waals surface area contributed by atoms with Gasteiger partial charge in [0, 0.05) is 22.8 Å². The van der Waals surface area contributed by atoms with Crippen molar-refractivity contribution in [2.45, 2.75) is 18.2 Å². The molecule has 31 heavy (non-hydrogen) atoms. The number of rotatable bonds is 7. The lowest BCUT2D eigenvalue weighted by Crippen LogP contribution is -2.14. The maximum absolute atomic E-state index is 12.8. The van der Waals surface area contributed by atoms with Gasteiger partial charge in [-0.15, -0.1) is 0 Å². The molecule has 0 unspecified atom stereocenters. The molecule has 0 fully saturated rings. The van der Waals surface area contributed by atoms with E-state index in [4.69, 9.17) is 32.5 Å². The fraction of sp³-hybridized carbons (Fsp3) is 0.158. The smallest absolute Gasteiger partial charge is 0.264 e. The van der Waals surface area contributed by atoms with E-state index in [0.29, 0.717) is 28.2 Å². The fourth-order valence-corrected chi connectivity index (χ4v) is 4.69. The van der Waals surface area contributed by atoms with Crippen LogP contribution >= 0.6 is 23.2 Å². The lowest BCUT2D eigenvalue weighted by atomic mass is 10.2. The van der Waals surface area contributed by atoms with E-state index in [1.165, 1.54) is 25.3 Å². The zero-order chi connectivity index (χ0) is 22.2. The van der Waals surface area contributed by atoms with E-state index in [1.807, 2.05) is 13.0 Å². The van der Waals surface area contributed by atoms with Crippen molar-refractivity contribution in [2.24, 2.45) is 0 Å². The molecule has 2 heterocycles. The van der Waals surface area contributed by atoms with E-state index in [2.05, 4.69) is 25.4 Å². The highest BCUT2D eigenvalue weighted by atomic mass is 35.5. The summed E-state index contributed by atoms with van der Waals surface area (Å²) in [6.07, 6.45) is 0.813. The fourth-order valence-electron chi connectivity index (χ4n) is 2.91. The Morgan fingerprint density at radius 3 is 2.71 bits per heavy atom. The summed E-state index contributed by atoms with van der Waals surface area (Å²) in [7, 11) is -2.57. The first-order chi connectivity index (χ1) is 14.8. The quantitative estimate of drug-likeness (QED) is 0.340. The molecular formula is C19H17Cl2N5O4S. The van der Waals surface area contributed by atoms with Gasteiger partial charge in [-0.2, -0.15) is 5.10 Å². The van der Waals surface area contributed by atoms with Crippen molar-refractivity contribution in [3.05, 3.63) is 52.1 Å². The Balaban J connectivity index is 1.69. The standard InChI is InChI=1S/C19H17Cl2N5O4S/c1-3-11-7-18(24-23-11)22-14-9-15-12(8-16(14)29-2)19(25-30-15)26-31(27,28)17-6-10(20)4-5-13(17)21/h4-9H,3H2,1-2H3,(H,25,26)(H2,22,23,24). The second-order valence-electron chi connectivity index (χ2n) is 6.52. The molecule has 0 atom stereocenters. The Hall–Kier alpha value is -2.95. The van der Waals surface area contributed by atoms with Gasteiger partial charge in [0.2, 0.25) is 0 Å². The maximum atomic E-state index is 12.8. The van der Waals surface area contributed by atoms with E-state index in [-0.39, 0.29) is 20.8 Å². The van der Waals surface area contributed by atoms with Gasteiger partial charge in [-0.3, -0.25) is 9.82 Å². The number of aromatic nitrogens is 3. The summed E-state index contributed by atoms with van der Waals surface area (Å²) in [6, 6.07) is 9.28. The highest BCUT2D eigenvalue weighted by Crippen LogP contribution is 2.36. The third-order valence-corrected chi connectivity index (χ3v) is 6.54. The van der Waals surface area contributed by atoms with Crippen molar-refractivity contribution < 1.29 is 17.7 Å². The predicted octanol–water partition coefficient (Wildman–Crippen LogP) is 4.97. The number of hydrogen-bond acceptors (Lipinski definition) is 7. The number of methoxy groups -OCH3 is 1. The summed E-state index contributed by atoms with van der Waals surface area (Å²) in [5, 5.41) is 14.8. The number of halogens is 2. The van der Waals surface area contributed by atoms with Gasteiger partial charge >= 0.3 is 0 Å². The van der Waals surface area contributed by atoms with Crippen molar-refractivity contribution in [2.75, 3.05) is 17.1 Å². The number of benzene rings is 2. The first-order valence-corrected chi connectivity index (χ1v) is 11.3. The number of aromatic amines is 1. The van der Waals surface area contributed by atoms with Crippen molar-refractivity contribution >= 4 is 61.5 Å². The van der Waals surface area contributed by atoms with Crippen LogP contribution in [0, 0.1) is 0 Å². The SMILES string of the molecule is CCc1cc(Nc2cc3onc(NS(=O)(=O)c4cc(Cl)ccc4Cl)c3cc2OC)n[nH]1. The molecule has 0 amide bonds. The van der Waals surface area contributed by atoms with Crippen LogP contribution in [0.25, 0.3) is 11.0 Å². The number of hydrogen-bond donors (Lipinski definition) is 3. The topological polar surface area (TPSA) is 122 Å². The minimum absolute atomic E-state index is 0.0102. The first-order valence-electron chi connectivity index (χ1n) is 9.07. The minimum atomic E-state index is -4.07. The van der Waals surface area contributed by atoms with Gasteiger partial charge in [-0.1, -0.05) is 35.3 Å². The van der Waals surface area contributed by atoms with Gasteiger partial charge in [0.25, 0.3) is 10.0 Å². The highest BCUT2D eigenvalue weighted by molar-refractivity contribution is 7.92. The molecule has 0 aliphatic carbocycles. The van der Waals surface area contributed by atoms with Crippen LogP contribution in [-0.4, -0.2) is 30.9 Å². The second kappa shape index (κ2) is 8.29. The number of nitrogens with zero attached hydrogens (tertiary/aromatic N) is 2. The number of fused-ring (bicyclic) bond motifs is 1.